The molecule has 0 aliphatic carbocycles. The van der Waals surface area contributed by atoms with Gasteiger partial charge in [-0.25, -0.2) is 0 Å². The summed E-state index contributed by atoms with van der Waals surface area (Å²) in [5.41, 5.74) is 0. The molecule has 0 atom stereocenters. The van der Waals surface area contributed by atoms with Gasteiger partial charge < -0.3 is 18.1 Å². The first-order chi connectivity index (χ1) is 6.81. The van der Waals surface area contributed by atoms with Crippen LogP contribution in [0.3, 0.4) is 0 Å². The van der Waals surface area contributed by atoms with E-state index in [4.69, 9.17) is 0 Å². The highest BCUT2D eigenvalue weighted by atomic mass is 29.3. The summed E-state index contributed by atoms with van der Waals surface area (Å²) in [5, 5.41) is 0. The fraction of sp³-hybridized carbons (Fsp3) is 1.00. The largest absolute Gasteiger partial charge is 0.432 e. The van der Waals surface area contributed by atoms with Crippen molar-refractivity contribution >= 4 is 31.5 Å². The van der Waals surface area contributed by atoms with Gasteiger partial charge in [-0.1, -0.05) is 0 Å². The molecule has 0 aromatic carbocycles. The van der Waals surface area contributed by atoms with E-state index in [2.05, 4.69) is 35.7 Å². The van der Waals surface area contributed by atoms with Gasteiger partial charge >= 0.3 is 0 Å². The second kappa shape index (κ2) is 3.60. The molecular weight excluding hydrogens is 268 g/mol. The van der Waals surface area contributed by atoms with Crippen molar-refractivity contribution in [2.75, 3.05) is 14.1 Å². The topological polar surface area (TPSA) is 46.9 Å². The molecule has 0 unspecified atom stereocenters. The van der Waals surface area contributed by atoms with Crippen LogP contribution in [0.2, 0.25) is 39.3 Å². The van der Waals surface area contributed by atoms with E-state index in [0.717, 1.165) is 0 Å². The van der Waals surface area contributed by atoms with Crippen LogP contribution < -0.4 is 0 Å². The Bertz CT molecular complexity index is 261. The Kier molecular flexibility index (Phi) is 3.33. The first kappa shape index (κ1) is 14.8. The van der Waals surface area contributed by atoms with Gasteiger partial charge in [0.05, 0.1) is 0 Å². The lowest BCUT2D eigenvalue weighted by atomic mass is 11.6. The lowest BCUT2D eigenvalue weighted by Gasteiger charge is -2.72. The van der Waals surface area contributed by atoms with Crippen molar-refractivity contribution < 1.29 is 9.59 Å². The summed E-state index contributed by atoms with van der Waals surface area (Å²) in [6, 6.07) is 0. The number of hydrogen-bond acceptors (Lipinski definition) is 4. The normalized spacial score (nSPS) is 38.6. The monoisotopic (exact) mass is 294 g/mol. The Morgan fingerprint density at radius 1 is 0.750 bits per heavy atom. The average molecular weight is 295 g/mol. The van der Waals surface area contributed by atoms with Crippen molar-refractivity contribution in [3.05, 3.63) is 0 Å². The van der Waals surface area contributed by atoms with E-state index in [1.54, 1.807) is 0 Å². The van der Waals surface area contributed by atoms with Crippen LogP contribution in [0, 0.1) is 0 Å². The van der Waals surface area contributed by atoms with E-state index in [1.807, 2.05) is 26.2 Å². The number of hydrogen-bond donors (Lipinski definition) is 2. The molecule has 0 saturated carbocycles. The Hall–Kier alpha value is 0.708. The van der Waals surface area contributed by atoms with Crippen LogP contribution in [-0.4, -0.2) is 63.6 Å². The van der Waals surface area contributed by atoms with Gasteiger partial charge in [-0.05, 0) is 53.4 Å². The molecule has 0 aromatic heterocycles. The molecule has 2 N–H and O–H groups in total. The standard InChI is InChI=1S/C8H26N2O2Si4/c1-9-15(7,13(3,4)11)10(2)16(9,8)14(5,6)12/h11-12H,1-8H3. The minimum Gasteiger partial charge on any atom is -0.432 e. The summed E-state index contributed by atoms with van der Waals surface area (Å²) >= 11 is 0. The number of nitrogens with zero attached hydrogens (tertiary/aromatic N) is 2. The maximum absolute atomic E-state index is 10.5. The third-order valence-corrected chi connectivity index (χ3v) is 40.6. The minimum atomic E-state index is -2.16. The van der Waals surface area contributed by atoms with Crippen molar-refractivity contribution in [3.63, 3.8) is 0 Å². The zero-order valence-corrected chi connectivity index (χ0v) is 15.8. The Morgan fingerprint density at radius 3 is 1.06 bits per heavy atom. The molecule has 1 aliphatic rings. The molecular formula is C8H26N2O2Si4. The number of rotatable bonds is 2. The SMILES string of the molecule is CN1[Si](C)([Si](C)(C)O)N(C)[Si]1(C)[Si](C)(C)O. The van der Waals surface area contributed by atoms with E-state index in [9.17, 15) is 9.59 Å². The second-order valence-electron chi connectivity index (χ2n) is 6.28. The van der Waals surface area contributed by atoms with Gasteiger partial charge in [-0.15, -0.1) is 0 Å². The second-order valence-corrected chi connectivity index (χ2v) is 33.2. The quantitative estimate of drug-likeness (QED) is 0.731. The van der Waals surface area contributed by atoms with Crippen LogP contribution in [0.15, 0.2) is 0 Å². The summed E-state index contributed by atoms with van der Waals surface area (Å²) in [6.45, 7) is 12.6. The van der Waals surface area contributed by atoms with Gasteiger partial charge in [0.2, 0.25) is 31.5 Å². The minimum absolute atomic E-state index is 1.85. The zero-order valence-electron chi connectivity index (χ0n) is 11.8. The van der Waals surface area contributed by atoms with E-state index in [0.29, 0.717) is 0 Å². The van der Waals surface area contributed by atoms with Crippen molar-refractivity contribution in [3.8, 4) is 0 Å². The van der Waals surface area contributed by atoms with Crippen LogP contribution in [0.5, 0.6) is 0 Å². The molecule has 1 saturated heterocycles. The van der Waals surface area contributed by atoms with E-state index in [-0.39, 0.29) is 0 Å². The molecule has 0 bridgehead atoms. The molecule has 1 rings (SSSR count). The highest BCUT2D eigenvalue weighted by Gasteiger charge is 2.74. The average Bonchev–Trinajstić information content (AvgIpc) is 2.10. The Balaban J connectivity index is 3.15. The van der Waals surface area contributed by atoms with Crippen molar-refractivity contribution in [2.45, 2.75) is 39.3 Å². The fourth-order valence-corrected chi connectivity index (χ4v) is 44.6. The van der Waals surface area contributed by atoms with Crippen LogP contribution in [0.1, 0.15) is 0 Å². The molecule has 16 heavy (non-hydrogen) atoms. The molecule has 1 heterocycles. The predicted octanol–water partition coefficient (Wildman–Crippen LogP) is 0.559. The summed E-state index contributed by atoms with van der Waals surface area (Å²) in [7, 11) is -3.75. The van der Waals surface area contributed by atoms with Crippen LogP contribution in [-0.2, 0) is 0 Å². The summed E-state index contributed by atoms with van der Waals surface area (Å²) in [5.74, 6) is 0. The molecule has 1 fully saturated rings. The molecule has 0 radical (unpaired) electrons. The van der Waals surface area contributed by atoms with Gasteiger partial charge in [-0.2, -0.15) is 0 Å². The van der Waals surface area contributed by atoms with Crippen molar-refractivity contribution in [2.24, 2.45) is 0 Å². The molecule has 1 aliphatic heterocycles. The third-order valence-electron chi connectivity index (χ3n) is 4.93. The van der Waals surface area contributed by atoms with Gasteiger partial charge in [0.25, 0.3) is 0 Å². The van der Waals surface area contributed by atoms with Gasteiger partial charge in [0.15, 0.2) is 0 Å². The zero-order chi connectivity index (χ0) is 13.2. The highest BCUT2D eigenvalue weighted by molar-refractivity contribution is 7.53. The van der Waals surface area contributed by atoms with Crippen LogP contribution in [0.4, 0.5) is 0 Å². The molecule has 8 heteroatoms. The molecule has 0 amide bonds. The molecule has 0 aromatic rings. The maximum Gasteiger partial charge on any atom is 0.209 e. The molecule has 96 valence electrons. The fourth-order valence-electron chi connectivity index (χ4n) is 2.89. The van der Waals surface area contributed by atoms with Crippen molar-refractivity contribution in [1.82, 2.24) is 8.46 Å². The highest BCUT2D eigenvalue weighted by Crippen LogP contribution is 2.43. The summed E-state index contributed by atoms with van der Waals surface area (Å²) < 4.78 is 4.89. The first-order valence-corrected chi connectivity index (χ1v) is 18.4. The summed E-state index contributed by atoms with van der Waals surface area (Å²) in [4.78, 5) is 21.0. The Morgan fingerprint density at radius 2 is 0.938 bits per heavy atom. The van der Waals surface area contributed by atoms with E-state index in [1.165, 1.54) is 0 Å². The molecule has 0 spiro atoms. The van der Waals surface area contributed by atoms with Gasteiger partial charge in [0.1, 0.15) is 0 Å². The van der Waals surface area contributed by atoms with E-state index < -0.39 is 31.5 Å². The predicted molar refractivity (Wildman–Crippen MR) is 78.2 cm³/mol. The Labute approximate surface area is 103 Å². The maximum atomic E-state index is 10.5. The van der Waals surface area contributed by atoms with Crippen molar-refractivity contribution in [1.29, 1.82) is 0 Å². The van der Waals surface area contributed by atoms with Crippen LogP contribution in [0.25, 0.3) is 0 Å². The lowest BCUT2D eigenvalue weighted by molar-refractivity contribution is 0.461. The molecule has 4 nitrogen and oxygen atoms in total. The van der Waals surface area contributed by atoms with Gasteiger partial charge in [0, 0.05) is 0 Å². The van der Waals surface area contributed by atoms with Gasteiger partial charge in [-0.3, -0.25) is 0 Å². The van der Waals surface area contributed by atoms with E-state index >= 15 is 0 Å². The first-order valence-electron chi connectivity index (χ1n) is 5.74. The third kappa shape index (κ3) is 1.52. The summed E-state index contributed by atoms with van der Waals surface area (Å²) in [6.07, 6.45) is 0. The van der Waals surface area contributed by atoms with Crippen LogP contribution >= 0.6 is 0 Å². The smallest absolute Gasteiger partial charge is 0.209 e. The lowest BCUT2D eigenvalue weighted by Crippen LogP contribution is -3.01.